The van der Waals surface area contributed by atoms with E-state index < -0.39 is 0 Å². The maximum atomic E-state index is 9.23. The molecule has 3 nitrogen and oxygen atoms in total. The lowest BCUT2D eigenvalue weighted by molar-refractivity contribution is 0.477. The zero-order valence-electron chi connectivity index (χ0n) is 6.09. The van der Waals surface area contributed by atoms with Gasteiger partial charge in [-0.05, 0) is 24.1 Å². The zero-order valence-corrected chi connectivity index (χ0v) is 6.09. The van der Waals surface area contributed by atoms with Crippen LogP contribution < -0.4 is 11.1 Å². The first-order chi connectivity index (χ1) is 5.27. The minimum absolute atomic E-state index is 0.187. The van der Waals surface area contributed by atoms with E-state index in [2.05, 4.69) is 5.32 Å². The molecule has 4 N–H and O–H groups in total. The number of hydrogen-bond acceptors (Lipinski definition) is 3. The van der Waals surface area contributed by atoms with Crippen LogP contribution in [0.1, 0.15) is 5.56 Å². The summed E-state index contributed by atoms with van der Waals surface area (Å²) in [4.78, 5) is 0. The standard InChI is InChI=1S/C8H10N2O/c9-6-4-7-5(1-2-10-7)3-8(6)11/h3-4,10-11H,1-2,9H2. The van der Waals surface area contributed by atoms with E-state index in [1.165, 1.54) is 0 Å². The summed E-state index contributed by atoms with van der Waals surface area (Å²) in [6.45, 7) is 0.943. The fourth-order valence-corrected chi connectivity index (χ4v) is 1.35. The minimum atomic E-state index is 0.187. The Morgan fingerprint density at radius 2 is 2.27 bits per heavy atom. The average molecular weight is 150 g/mol. The third-order valence-corrected chi connectivity index (χ3v) is 1.96. The van der Waals surface area contributed by atoms with Gasteiger partial charge < -0.3 is 16.2 Å². The number of hydrogen-bond donors (Lipinski definition) is 3. The average Bonchev–Trinajstić information content (AvgIpc) is 2.36. The number of phenolic OH excluding ortho intramolecular Hbond substituents is 1. The highest BCUT2D eigenvalue weighted by molar-refractivity contribution is 5.67. The molecule has 0 amide bonds. The van der Waals surface area contributed by atoms with Crippen molar-refractivity contribution in [3.63, 3.8) is 0 Å². The quantitative estimate of drug-likeness (QED) is 0.293. The van der Waals surface area contributed by atoms with Crippen molar-refractivity contribution in [3.8, 4) is 5.75 Å². The SMILES string of the molecule is Nc1cc2c(cc1O)CCN2. The van der Waals surface area contributed by atoms with Crippen LogP contribution in [-0.4, -0.2) is 11.7 Å². The van der Waals surface area contributed by atoms with Crippen molar-refractivity contribution in [2.24, 2.45) is 0 Å². The molecule has 0 unspecified atom stereocenters. The molecule has 1 aromatic carbocycles. The third-order valence-electron chi connectivity index (χ3n) is 1.96. The van der Waals surface area contributed by atoms with Gasteiger partial charge >= 0.3 is 0 Å². The Hall–Kier alpha value is -1.38. The number of nitrogens with two attached hydrogens (primary N) is 1. The Morgan fingerprint density at radius 3 is 3.09 bits per heavy atom. The van der Waals surface area contributed by atoms with Gasteiger partial charge in [0.05, 0.1) is 5.69 Å². The predicted molar refractivity (Wildman–Crippen MR) is 44.7 cm³/mol. The molecule has 0 saturated carbocycles. The molecular weight excluding hydrogens is 140 g/mol. The van der Waals surface area contributed by atoms with Gasteiger partial charge in [0, 0.05) is 12.2 Å². The Balaban J connectivity index is 2.57. The highest BCUT2D eigenvalue weighted by Gasteiger charge is 2.11. The summed E-state index contributed by atoms with van der Waals surface area (Å²) < 4.78 is 0. The normalized spacial score (nSPS) is 14.2. The van der Waals surface area contributed by atoms with Crippen LogP contribution in [0, 0.1) is 0 Å². The first-order valence-electron chi connectivity index (χ1n) is 3.62. The Kier molecular flexibility index (Phi) is 1.18. The fraction of sp³-hybridized carbons (Fsp3) is 0.250. The predicted octanol–water partition coefficient (Wildman–Crippen LogP) is 0.942. The summed E-state index contributed by atoms with van der Waals surface area (Å²) in [7, 11) is 0. The minimum Gasteiger partial charge on any atom is -0.506 e. The number of phenols is 1. The van der Waals surface area contributed by atoms with Gasteiger partial charge in [-0.2, -0.15) is 0 Å². The number of nitrogens with one attached hydrogen (secondary N) is 1. The number of aromatic hydroxyl groups is 1. The van der Waals surface area contributed by atoms with Gasteiger partial charge in [0.15, 0.2) is 0 Å². The molecule has 1 heterocycles. The summed E-state index contributed by atoms with van der Waals surface area (Å²) in [6.07, 6.45) is 0.975. The molecule has 58 valence electrons. The Morgan fingerprint density at radius 1 is 1.45 bits per heavy atom. The van der Waals surface area contributed by atoms with E-state index in [0.29, 0.717) is 5.69 Å². The first kappa shape index (κ1) is 6.34. The van der Waals surface area contributed by atoms with Gasteiger partial charge in [-0.15, -0.1) is 0 Å². The number of nitrogen functional groups attached to an aromatic ring is 1. The van der Waals surface area contributed by atoms with E-state index in [4.69, 9.17) is 5.73 Å². The van der Waals surface area contributed by atoms with Crippen LogP contribution in [0.25, 0.3) is 0 Å². The van der Waals surface area contributed by atoms with Crippen molar-refractivity contribution in [2.45, 2.75) is 6.42 Å². The number of rotatable bonds is 0. The maximum absolute atomic E-state index is 9.23. The van der Waals surface area contributed by atoms with Gasteiger partial charge in [0.1, 0.15) is 5.75 Å². The Labute approximate surface area is 64.8 Å². The summed E-state index contributed by atoms with van der Waals surface area (Å²) in [5.41, 5.74) is 8.15. The van der Waals surface area contributed by atoms with Crippen LogP contribution in [-0.2, 0) is 6.42 Å². The topological polar surface area (TPSA) is 58.3 Å². The fourth-order valence-electron chi connectivity index (χ4n) is 1.35. The molecule has 1 aliphatic rings. The molecule has 2 rings (SSSR count). The van der Waals surface area contributed by atoms with Gasteiger partial charge in [-0.25, -0.2) is 0 Å². The summed E-state index contributed by atoms with van der Waals surface area (Å²) in [5.74, 6) is 0.187. The van der Waals surface area contributed by atoms with Gasteiger partial charge in [-0.3, -0.25) is 0 Å². The number of fused-ring (bicyclic) bond motifs is 1. The van der Waals surface area contributed by atoms with Crippen LogP contribution in [0.2, 0.25) is 0 Å². The number of anilines is 2. The second-order valence-electron chi connectivity index (χ2n) is 2.74. The van der Waals surface area contributed by atoms with Crippen molar-refractivity contribution in [1.29, 1.82) is 0 Å². The molecule has 0 aliphatic carbocycles. The van der Waals surface area contributed by atoms with Crippen molar-refractivity contribution in [2.75, 3.05) is 17.6 Å². The number of benzene rings is 1. The van der Waals surface area contributed by atoms with Crippen LogP contribution in [0.3, 0.4) is 0 Å². The smallest absolute Gasteiger partial charge is 0.138 e. The van der Waals surface area contributed by atoms with Crippen molar-refractivity contribution < 1.29 is 5.11 Å². The van der Waals surface area contributed by atoms with Crippen molar-refractivity contribution in [3.05, 3.63) is 17.7 Å². The van der Waals surface area contributed by atoms with E-state index >= 15 is 0 Å². The highest BCUT2D eigenvalue weighted by atomic mass is 16.3. The zero-order chi connectivity index (χ0) is 7.84. The molecule has 0 spiro atoms. The Bertz CT molecular complexity index is 267. The molecule has 1 aromatic rings. The van der Waals surface area contributed by atoms with Crippen LogP contribution in [0.4, 0.5) is 11.4 Å². The molecule has 0 atom stereocenters. The summed E-state index contributed by atoms with van der Waals surface area (Å²) >= 11 is 0. The first-order valence-corrected chi connectivity index (χ1v) is 3.62. The highest BCUT2D eigenvalue weighted by Crippen LogP contribution is 2.31. The van der Waals surface area contributed by atoms with E-state index in [9.17, 15) is 5.11 Å². The molecule has 0 fully saturated rings. The molecule has 3 heteroatoms. The second-order valence-corrected chi connectivity index (χ2v) is 2.74. The molecule has 1 aliphatic heterocycles. The van der Waals surface area contributed by atoms with E-state index in [0.717, 1.165) is 24.2 Å². The summed E-state index contributed by atoms with van der Waals surface area (Å²) in [6, 6.07) is 3.50. The van der Waals surface area contributed by atoms with Gasteiger partial charge in [0.25, 0.3) is 0 Å². The third kappa shape index (κ3) is 0.888. The van der Waals surface area contributed by atoms with E-state index in [1.807, 2.05) is 0 Å². The lowest BCUT2D eigenvalue weighted by Crippen LogP contribution is -1.92. The lowest BCUT2D eigenvalue weighted by atomic mass is 10.1. The van der Waals surface area contributed by atoms with Crippen LogP contribution >= 0.6 is 0 Å². The molecular formula is C8H10N2O. The van der Waals surface area contributed by atoms with Crippen molar-refractivity contribution in [1.82, 2.24) is 0 Å². The van der Waals surface area contributed by atoms with E-state index in [-0.39, 0.29) is 5.75 Å². The van der Waals surface area contributed by atoms with Gasteiger partial charge in [-0.1, -0.05) is 0 Å². The monoisotopic (exact) mass is 150 g/mol. The molecule has 0 aromatic heterocycles. The van der Waals surface area contributed by atoms with Gasteiger partial charge in [0.2, 0.25) is 0 Å². The molecule has 0 saturated heterocycles. The van der Waals surface area contributed by atoms with E-state index in [1.54, 1.807) is 12.1 Å². The van der Waals surface area contributed by atoms with Crippen LogP contribution in [0.15, 0.2) is 12.1 Å². The molecule has 0 bridgehead atoms. The largest absolute Gasteiger partial charge is 0.506 e. The van der Waals surface area contributed by atoms with Crippen molar-refractivity contribution >= 4 is 11.4 Å². The van der Waals surface area contributed by atoms with Crippen LogP contribution in [0.5, 0.6) is 5.75 Å². The summed E-state index contributed by atoms with van der Waals surface area (Å²) in [5, 5.41) is 12.4. The lowest BCUT2D eigenvalue weighted by Gasteiger charge is -2.02. The second kappa shape index (κ2) is 2.05. The molecule has 0 radical (unpaired) electrons. The maximum Gasteiger partial charge on any atom is 0.138 e. The molecule has 11 heavy (non-hydrogen) atoms.